The molecule has 0 aliphatic heterocycles. The lowest BCUT2D eigenvalue weighted by Crippen LogP contribution is -2.11. The fourth-order valence-corrected chi connectivity index (χ4v) is 1.08. The van der Waals surface area contributed by atoms with Crippen LogP contribution in [-0.2, 0) is 6.42 Å². The van der Waals surface area contributed by atoms with Crippen LogP contribution in [0, 0.1) is 5.82 Å². The van der Waals surface area contributed by atoms with Crippen LogP contribution in [-0.4, -0.2) is 6.18 Å². The molecule has 0 aliphatic rings. The maximum Gasteiger partial charge on any atom is 0.393 e. The van der Waals surface area contributed by atoms with Crippen LogP contribution in [0.2, 0.25) is 5.02 Å². The van der Waals surface area contributed by atoms with E-state index in [4.69, 9.17) is 11.6 Å². The molecule has 0 N–H and O–H groups in total. The van der Waals surface area contributed by atoms with Crippen molar-refractivity contribution in [2.45, 2.75) is 12.6 Å². The third-order valence-electron chi connectivity index (χ3n) is 1.39. The van der Waals surface area contributed by atoms with Crippen LogP contribution in [0.15, 0.2) is 18.2 Å². The van der Waals surface area contributed by atoms with Gasteiger partial charge < -0.3 is 0 Å². The minimum Gasteiger partial charge on any atom is -0.205 e. The molecule has 0 saturated carbocycles. The van der Waals surface area contributed by atoms with Crippen LogP contribution < -0.4 is 0 Å². The average Bonchev–Trinajstić information content (AvgIpc) is 1.94. The highest BCUT2D eigenvalue weighted by Crippen LogP contribution is 2.24. The quantitative estimate of drug-likeness (QED) is 0.624. The first kappa shape index (κ1) is 10.3. The van der Waals surface area contributed by atoms with Crippen molar-refractivity contribution in [3.8, 4) is 0 Å². The van der Waals surface area contributed by atoms with Crippen LogP contribution in [0.5, 0.6) is 0 Å². The summed E-state index contributed by atoms with van der Waals surface area (Å²) in [6, 6.07) is 2.96. The lowest BCUT2D eigenvalue weighted by molar-refractivity contribution is -0.127. The third-order valence-corrected chi connectivity index (χ3v) is 1.68. The molecular weight excluding hydrogens is 208 g/mol. The SMILES string of the molecule is Fc1ccc(CC(F)(F)F)cc1Cl. The van der Waals surface area contributed by atoms with E-state index in [1.165, 1.54) is 0 Å². The lowest BCUT2D eigenvalue weighted by atomic mass is 10.1. The molecule has 1 aromatic carbocycles. The highest BCUT2D eigenvalue weighted by atomic mass is 35.5. The van der Waals surface area contributed by atoms with Gasteiger partial charge in [-0.25, -0.2) is 4.39 Å². The van der Waals surface area contributed by atoms with E-state index >= 15 is 0 Å². The molecule has 0 heterocycles. The Morgan fingerprint density at radius 2 is 1.85 bits per heavy atom. The van der Waals surface area contributed by atoms with Gasteiger partial charge in [0.1, 0.15) is 5.82 Å². The third kappa shape index (κ3) is 3.22. The minimum atomic E-state index is -4.29. The Hall–Kier alpha value is -0.770. The zero-order valence-electron chi connectivity index (χ0n) is 6.33. The first-order chi connectivity index (χ1) is 5.88. The molecule has 0 radical (unpaired) electrons. The van der Waals surface area contributed by atoms with E-state index < -0.39 is 18.4 Å². The topological polar surface area (TPSA) is 0 Å². The van der Waals surface area contributed by atoms with Crippen molar-refractivity contribution in [1.82, 2.24) is 0 Å². The smallest absolute Gasteiger partial charge is 0.205 e. The first-order valence-corrected chi connectivity index (χ1v) is 3.77. The number of rotatable bonds is 1. The molecule has 0 aliphatic carbocycles. The molecule has 0 nitrogen and oxygen atoms in total. The van der Waals surface area contributed by atoms with Gasteiger partial charge in [0.25, 0.3) is 0 Å². The fraction of sp³-hybridized carbons (Fsp3) is 0.250. The Bertz CT molecular complexity index is 306. The number of halogens is 5. The average molecular weight is 213 g/mol. The molecule has 0 bridgehead atoms. The van der Waals surface area contributed by atoms with Crippen molar-refractivity contribution in [3.63, 3.8) is 0 Å². The van der Waals surface area contributed by atoms with Crippen LogP contribution in [0.4, 0.5) is 17.6 Å². The molecule has 1 aromatic rings. The van der Waals surface area contributed by atoms with Crippen molar-refractivity contribution in [2.75, 3.05) is 0 Å². The van der Waals surface area contributed by atoms with Gasteiger partial charge in [0.05, 0.1) is 11.4 Å². The Morgan fingerprint density at radius 3 is 2.31 bits per heavy atom. The van der Waals surface area contributed by atoms with E-state index in [0.29, 0.717) is 0 Å². The lowest BCUT2D eigenvalue weighted by Gasteiger charge is -2.06. The van der Waals surface area contributed by atoms with Gasteiger partial charge >= 0.3 is 6.18 Å². The fourth-order valence-electron chi connectivity index (χ4n) is 0.881. The monoisotopic (exact) mass is 212 g/mol. The number of alkyl halides is 3. The maximum absolute atomic E-state index is 12.5. The molecule has 0 atom stereocenters. The number of hydrogen-bond acceptors (Lipinski definition) is 0. The first-order valence-electron chi connectivity index (χ1n) is 3.39. The van der Waals surface area contributed by atoms with Gasteiger partial charge in [-0.15, -0.1) is 0 Å². The van der Waals surface area contributed by atoms with Gasteiger partial charge in [0.15, 0.2) is 0 Å². The zero-order chi connectivity index (χ0) is 10.1. The van der Waals surface area contributed by atoms with E-state index in [0.717, 1.165) is 18.2 Å². The summed E-state index contributed by atoms with van der Waals surface area (Å²) in [6.07, 6.45) is -5.38. The van der Waals surface area contributed by atoms with Crippen molar-refractivity contribution in [3.05, 3.63) is 34.6 Å². The summed E-state index contributed by atoms with van der Waals surface area (Å²) >= 11 is 5.30. The molecule has 0 fully saturated rings. The van der Waals surface area contributed by atoms with Crippen molar-refractivity contribution >= 4 is 11.6 Å². The van der Waals surface area contributed by atoms with Crippen LogP contribution in [0.1, 0.15) is 5.56 Å². The van der Waals surface area contributed by atoms with Gasteiger partial charge in [-0.1, -0.05) is 17.7 Å². The van der Waals surface area contributed by atoms with Gasteiger partial charge in [-0.05, 0) is 17.7 Å². The molecule has 5 heteroatoms. The van der Waals surface area contributed by atoms with Crippen LogP contribution in [0.25, 0.3) is 0 Å². The molecule has 13 heavy (non-hydrogen) atoms. The van der Waals surface area contributed by atoms with Crippen LogP contribution >= 0.6 is 11.6 Å². The second kappa shape index (κ2) is 3.54. The molecule has 72 valence electrons. The van der Waals surface area contributed by atoms with Crippen molar-refractivity contribution < 1.29 is 17.6 Å². The summed E-state index contributed by atoms with van der Waals surface area (Å²) < 4.78 is 48.0. The number of hydrogen-bond donors (Lipinski definition) is 0. The van der Waals surface area contributed by atoms with E-state index in [2.05, 4.69) is 0 Å². The summed E-state index contributed by atoms with van der Waals surface area (Å²) in [5.41, 5.74) is -0.0427. The Kier molecular flexibility index (Phi) is 2.81. The molecule has 0 aromatic heterocycles. The van der Waals surface area contributed by atoms with Crippen molar-refractivity contribution in [2.24, 2.45) is 0 Å². The molecule has 1 rings (SSSR count). The standard InChI is InChI=1S/C8H5ClF4/c9-6-3-5(1-2-7(6)10)4-8(11,12)13/h1-3H,4H2. The maximum atomic E-state index is 12.5. The molecular formula is C8H5ClF4. The summed E-state index contributed by atoms with van der Waals surface area (Å²) in [4.78, 5) is 0. The van der Waals surface area contributed by atoms with Crippen molar-refractivity contribution in [1.29, 1.82) is 0 Å². The second-order valence-corrected chi connectivity index (χ2v) is 2.95. The Morgan fingerprint density at radius 1 is 1.23 bits per heavy atom. The molecule has 0 saturated heterocycles. The van der Waals surface area contributed by atoms with Gasteiger partial charge in [0.2, 0.25) is 0 Å². The Balaban J connectivity index is 2.86. The summed E-state index contributed by atoms with van der Waals surface area (Å²) in [5, 5.41) is -0.290. The molecule has 0 unspecified atom stereocenters. The van der Waals surface area contributed by atoms with Gasteiger partial charge in [0, 0.05) is 0 Å². The van der Waals surface area contributed by atoms with E-state index in [9.17, 15) is 17.6 Å². The Labute approximate surface area is 77.1 Å². The second-order valence-electron chi connectivity index (χ2n) is 2.54. The number of benzene rings is 1. The van der Waals surface area contributed by atoms with E-state index in [1.807, 2.05) is 0 Å². The predicted molar refractivity (Wildman–Crippen MR) is 41.2 cm³/mol. The molecule has 0 spiro atoms. The van der Waals surface area contributed by atoms with Crippen LogP contribution in [0.3, 0.4) is 0 Å². The van der Waals surface area contributed by atoms with Gasteiger partial charge in [-0.3, -0.25) is 0 Å². The highest BCUT2D eigenvalue weighted by Gasteiger charge is 2.27. The van der Waals surface area contributed by atoms with E-state index in [-0.39, 0.29) is 10.6 Å². The normalized spacial score (nSPS) is 11.8. The van der Waals surface area contributed by atoms with E-state index in [1.54, 1.807) is 0 Å². The molecule has 0 amide bonds. The zero-order valence-corrected chi connectivity index (χ0v) is 7.08. The largest absolute Gasteiger partial charge is 0.393 e. The highest BCUT2D eigenvalue weighted by molar-refractivity contribution is 6.30. The predicted octanol–water partition coefficient (Wildman–Crippen LogP) is 3.58. The van der Waals surface area contributed by atoms with Gasteiger partial charge in [-0.2, -0.15) is 13.2 Å². The summed E-state index contributed by atoms with van der Waals surface area (Å²) in [6.45, 7) is 0. The summed E-state index contributed by atoms with van der Waals surface area (Å²) in [5.74, 6) is -0.715. The minimum absolute atomic E-state index is 0.0427. The summed E-state index contributed by atoms with van der Waals surface area (Å²) in [7, 11) is 0.